The highest BCUT2D eigenvalue weighted by atomic mass is 16.5. The van der Waals surface area contributed by atoms with Gasteiger partial charge in [0.05, 0.1) is 12.1 Å². The van der Waals surface area contributed by atoms with Crippen molar-refractivity contribution in [2.24, 2.45) is 4.99 Å². The van der Waals surface area contributed by atoms with Gasteiger partial charge in [-0.25, -0.2) is 4.99 Å². The third-order valence-electron chi connectivity index (χ3n) is 4.84. The van der Waals surface area contributed by atoms with Gasteiger partial charge in [-0.1, -0.05) is 77.9 Å². The lowest BCUT2D eigenvalue weighted by Gasteiger charge is -2.27. The smallest absolute Gasteiger partial charge is 0.220 e. The lowest BCUT2D eigenvalue weighted by Crippen LogP contribution is -2.19. The zero-order valence-corrected chi connectivity index (χ0v) is 16.6. The van der Waals surface area contributed by atoms with Crippen molar-refractivity contribution in [1.82, 2.24) is 0 Å². The molecule has 1 aliphatic heterocycles. The van der Waals surface area contributed by atoms with E-state index in [9.17, 15) is 5.11 Å². The number of phenolic OH excluding ortho intramolecular Hbond substituents is 1. The summed E-state index contributed by atoms with van der Waals surface area (Å²) in [6, 6.07) is 14.2. The Balaban J connectivity index is 2.02. The van der Waals surface area contributed by atoms with E-state index in [2.05, 4.69) is 64.7 Å². The van der Waals surface area contributed by atoms with E-state index in [4.69, 9.17) is 4.74 Å². The molecule has 26 heavy (non-hydrogen) atoms. The highest BCUT2D eigenvalue weighted by molar-refractivity contribution is 5.98. The van der Waals surface area contributed by atoms with Gasteiger partial charge in [-0.15, -0.1) is 0 Å². The number of aliphatic imine (C=N–C) groups is 1. The first-order chi connectivity index (χ1) is 12.1. The van der Waals surface area contributed by atoms with Gasteiger partial charge in [0.2, 0.25) is 5.90 Å². The average Bonchev–Trinajstić information content (AvgIpc) is 3.03. The standard InChI is InChI=1S/C23H29NO2/c1-22(2,3)16-12-17(20(25)18(13-16)23(4,5)6)21-24-14-19(26-21)15-10-8-7-9-11-15/h7-13,19,25H,14H2,1-6H3/t19-/m1/s1. The molecule has 0 bridgehead atoms. The first-order valence-electron chi connectivity index (χ1n) is 9.22. The number of nitrogens with zero attached hydrogens (tertiary/aromatic N) is 1. The van der Waals surface area contributed by atoms with Gasteiger partial charge in [0.15, 0.2) is 0 Å². The molecule has 0 spiro atoms. The molecule has 2 aromatic carbocycles. The summed E-state index contributed by atoms with van der Waals surface area (Å²) in [7, 11) is 0. The minimum absolute atomic E-state index is 0.0273. The number of rotatable bonds is 2. The molecule has 0 aliphatic carbocycles. The van der Waals surface area contributed by atoms with Crippen LogP contribution >= 0.6 is 0 Å². The summed E-state index contributed by atoms with van der Waals surface area (Å²) < 4.78 is 6.14. The molecule has 1 heterocycles. The summed E-state index contributed by atoms with van der Waals surface area (Å²) in [4.78, 5) is 4.61. The van der Waals surface area contributed by atoms with E-state index >= 15 is 0 Å². The van der Waals surface area contributed by atoms with Gasteiger partial charge < -0.3 is 9.84 Å². The molecule has 1 atom stereocenters. The molecular weight excluding hydrogens is 322 g/mol. The summed E-state index contributed by atoms with van der Waals surface area (Å²) in [5.74, 6) is 0.811. The lowest BCUT2D eigenvalue weighted by molar-refractivity contribution is 0.229. The van der Waals surface area contributed by atoms with Crippen molar-refractivity contribution < 1.29 is 9.84 Å². The third-order valence-corrected chi connectivity index (χ3v) is 4.84. The van der Waals surface area contributed by atoms with Gasteiger partial charge in [-0.2, -0.15) is 0 Å². The number of aromatic hydroxyl groups is 1. The van der Waals surface area contributed by atoms with Crippen LogP contribution in [0, 0.1) is 0 Å². The number of hydrogen-bond donors (Lipinski definition) is 1. The zero-order chi connectivity index (χ0) is 19.1. The molecule has 0 unspecified atom stereocenters. The summed E-state index contributed by atoms with van der Waals surface area (Å²) in [6.07, 6.45) is -0.0954. The van der Waals surface area contributed by atoms with Crippen LogP contribution in [0.15, 0.2) is 47.5 Å². The van der Waals surface area contributed by atoms with E-state index in [1.807, 2.05) is 24.3 Å². The maximum absolute atomic E-state index is 11.0. The van der Waals surface area contributed by atoms with Crippen LogP contribution in [0.4, 0.5) is 0 Å². The Kier molecular flexibility index (Phi) is 4.60. The zero-order valence-electron chi connectivity index (χ0n) is 16.6. The molecule has 0 saturated carbocycles. The van der Waals surface area contributed by atoms with Crippen LogP contribution in [-0.4, -0.2) is 17.5 Å². The Hall–Kier alpha value is -2.29. The van der Waals surface area contributed by atoms with Crippen LogP contribution in [0.2, 0.25) is 0 Å². The van der Waals surface area contributed by atoms with Gasteiger partial charge in [-0.3, -0.25) is 0 Å². The quantitative estimate of drug-likeness (QED) is 0.775. The van der Waals surface area contributed by atoms with Crippen molar-refractivity contribution in [2.75, 3.05) is 6.54 Å². The van der Waals surface area contributed by atoms with Crippen LogP contribution in [0.3, 0.4) is 0 Å². The molecule has 3 nitrogen and oxygen atoms in total. The van der Waals surface area contributed by atoms with Crippen LogP contribution in [0.1, 0.15) is 69.9 Å². The largest absolute Gasteiger partial charge is 0.507 e. The van der Waals surface area contributed by atoms with E-state index in [1.54, 1.807) is 0 Å². The van der Waals surface area contributed by atoms with E-state index in [1.165, 1.54) is 5.56 Å². The number of benzene rings is 2. The topological polar surface area (TPSA) is 41.8 Å². The molecule has 3 heteroatoms. The second kappa shape index (κ2) is 6.46. The van der Waals surface area contributed by atoms with Crippen LogP contribution in [-0.2, 0) is 15.6 Å². The molecule has 0 amide bonds. The number of phenols is 1. The highest BCUT2D eigenvalue weighted by Gasteiger charge is 2.30. The molecule has 1 N–H and O–H groups in total. The second-order valence-corrected chi connectivity index (χ2v) is 9.08. The van der Waals surface area contributed by atoms with Gasteiger partial charge in [0.25, 0.3) is 0 Å². The predicted molar refractivity (Wildman–Crippen MR) is 107 cm³/mol. The summed E-state index contributed by atoms with van der Waals surface area (Å²) in [5, 5.41) is 11.0. The van der Waals surface area contributed by atoms with Crippen molar-refractivity contribution in [2.45, 2.75) is 58.5 Å². The molecule has 1 aliphatic rings. The van der Waals surface area contributed by atoms with Gasteiger partial charge >= 0.3 is 0 Å². The molecule has 0 fully saturated rings. The van der Waals surface area contributed by atoms with E-state index < -0.39 is 0 Å². The minimum atomic E-state index is -0.169. The summed E-state index contributed by atoms with van der Waals surface area (Å²) >= 11 is 0. The molecule has 0 saturated heterocycles. The van der Waals surface area contributed by atoms with Crippen molar-refractivity contribution >= 4 is 5.90 Å². The van der Waals surface area contributed by atoms with Gasteiger partial charge in [-0.05, 0) is 28.0 Å². The normalized spacial score (nSPS) is 17.8. The van der Waals surface area contributed by atoms with E-state index in [0.29, 0.717) is 18.0 Å². The maximum atomic E-state index is 11.0. The Labute approximate surface area is 156 Å². The molecule has 0 radical (unpaired) electrons. The molecular formula is C23H29NO2. The Morgan fingerprint density at radius 3 is 2.19 bits per heavy atom. The Morgan fingerprint density at radius 2 is 1.62 bits per heavy atom. The highest BCUT2D eigenvalue weighted by Crippen LogP contribution is 2.39. The predicted octanol–water partition coefficient (Wildman–Crippen LogP) is 5.51. The van der Waals surface area contributed by atoms with Crippen LogP contribution in [0.25, 0.3) is 0 Å². The van der Waals surface area contributed by atoms with Crippen molar-refractivity contribution in [1.29, 1.82) is 0 Å². The number of hydrogen-bond acceptors (Lipinski definition) is 3. The monoisotopic (exact) mass is 351 g/mol. The molecule has 138 valence electrons. The fraction of sp³-hybridized carbons (Fsp3) is 0.435. The van der Waals surface area contributed by atoms with E-state index in [-0.39, 0.29) is 22.7 Å². The van der Waals surface area contributed by atoms with Crippen molar-refractivity contribution in [3.8, 4) is 5.75 Å². The number of ether oxygens (including phenoxy) is 1. The summed E-state index contributed by atoms with van der Waals surface area (Å²) in [5.41, 5.74) is 3.70. The van der Waals surface area contributed by atoms with Crippen LogP contribution < -0.4 is 0 Å². The van der Waals surface area contributed by atoms with Crippen molar-refractivity contribution in [3.05, 3.63) is 64.7 Å². The summed E-state index contributed by atoms with van der Waals surface area (Å²) in [6.45, 7) is 13.5. The second-order valence-electron chi connectivity index (χ2n) is 9.08. The van der Waals surface area contributed by atoms with Gasteiger partial charge in [0.1, 0.15) is 11.9 Å². The SMILES string of the molecule is CC(C)(C)c1cc(C2=NC[C@H](c3ccccc3)O2)c(O)c(C(C)(C)C)c1. The molecule has 2 aromatic rings. The molecule has 0 aromatic heterocycles. The average molecular weight is 351 g/mol. The first kappa shape index (κ1) is 18.5. The maximum Gasteiger partial charge on any atom is 0.220 e. The van der Waals surface area contributed by atoms with E-state index in [0.717, 1.165) is 11.1 Å². The lowest BCUT2D eigenvalue weighted by atomic mass is 9.79. The fourth-order valence-corrected chi connectivity index (χ4v) is 3.17. The minimum Gasteiger partial charge on any atom is -0.507 e. The molecule has 3 rings (SSSR count). The Morgan fingerprint density at radius 1 is 0.962 bits per heavy atom. The van der Waals surface area contributed by atoms with Crippen LogP contribution in [0.5, 0.6) is 5.75 Å². The van der Waals surface area contributed by atoms with Gasteiger partial charge in [0, 0.05) is 5.56 Å². The Bertz CT molecular complexity index is 824. The third kappa shape index (κ3) is 3.62. The fourth-order valence-electron chi connectivity index (χ4n) is 3.17. The first-order valence-corrected chi connectivity index (χ1v) is 9.22. The van der Waals surface area contributed by atoms with Crippen molar-refractivity contribution in [3.63, 3.8) is 0 Å².